The quantitative estimate of drug-likeness (QED) is 0.136. The number of unbranched alkanes of at least 4 members (excludes halogenated alkanes) is 12. The molecule has 2 fully saturated rings. The van der Waals surface area contributed by atoms with E-state index >= 15 is 0 Å². The minimum atomic E-state index is -1.61. The molecule has 0 aromatic carbocycles. The zero-order valence-electron chi connectivity index (χ0n) is 28.0. The fraction of sp³-hybridized carbons (Fsp3) is 0.818. The fourth-order valence-electron chi connectivity index (χ4n) is 6.25. The predicted octanol–water partition coefficient (Wildman–Crippen LogP) is 2.86. The van der Waals surface area contributed by atoms with Gasteiger partial charge < -0.3 is 30.2 Å². The number of hydrogen-bond acceptors (Lipinski definition) is 10. The van der Waals surface area contributed by atoms with Crippen molar-refractivity contribution in [3.05, 3.63) is 33.1 Å². The van der Waals surface area contributed by atoms with Crippen molar-refractivity contribution >= 4 is 11.9 Å². The lowest BCUT2D eigenvalue weighted by Crippen LogP contribution is -2.54. The van der Waals surface area contributed by atoms with Gasteiger partial charge in [-0.3, -0.25) is 24.0 Å². The van der Waals surface area contributed by atoms with Crippen LogP contribution in [0.5, 0.6) is 0 Å². The zero-order chi connectivity index (χ0) is 33.9. The van der Waals surface area contributed by atoms with Crippen molar-refractivity contribution in [3.8, 4) is 0 Å². The molecule has 2 saturated heterocycles. The van der Waals surface area contributed by atoms with Crippen molar-refractivity contribution in [2.75, 3.05) is 6.54 Å². The highest BCUT2D eigenvalue weighted by Crippen LogP contribution is 2.38. The van der Waals surface area contributed by atoms with Crippen LogP contribution in [0.2, 0.25) is 0 Å². The summed E-state index contributed by atoms with van der Waals surface area (Å²) in [5, 5.41) is 21.8. The van der Waals surface area contributed by atoms with E-state index in [0.717, 1.165) is 36.1 Å². The molecule has 262 valence electrons. The van der Waals surface area contributed by atoms with Crippen LogP contribution in [0.1, 0.15) is 124 Å². The van der Waals surface area contributed by atoms with E-state index in [1.807, 2.05) is 0 Å². The van der Waals surface area contributed by atoms with Crippen molar-refractivity contribution in [2.45, 2.75) is 166 Å². The molecule has 3 rings (SSSR count). The van der Waals surface area contributed by atoms with Crippen molar-refractivity contribution in [1.29, 1.82) is 0 Å². The van der Waals surface area contributed by atoms with E-state index < -0.39 is 65.7 Å². The molecular formula is C33H56N4O9. The normalized spacial score (nSPS) is 26.5. The molecule has 0 aliphatic carbocycles. The number of aliphatic hydroxyl groups excluding tert-OH is 2. The Morgan fingerprint density at radius 1 is 0.891 bits per heavy atom. The van der Waals surface area contributed by atoms with Gasteiger partial charge >= 0.3 is 11.7 Å². The number of nitrogens with two attached hydrogens (primary N) is 1. The van der Waals surface area contributed by atoms with Gasteiger partial charge in [0.2, 0.25) is 5.91 Å². The second-order valence-corrected chi connectivity index (χ2v) is 13.6. The number of aliphatic hydroxyl groups is 2. The highest BCUT2D eigenvalue weighted by Gasteiger charge is 2.58. The summed E-state index contributed by atoms with van der Waals surface area (Å²) in [5.41, 5.74) is 3.61. The van der Waals surface area contributed by atoms with E-state index in [2.05, 4.69) is 11.9 Å². The lowest BCUT2D eigenvalue weighted by atomic mass is 9.98. The predicted molar refractivity (Wildman–Crippen MR) is 172 cm³/mol. The second kappa shape index (κ2) is 18.1. The number of amides is 1. The third-order valence-electron chi connectivity index (χ3n) is 8.59. The van der Waals surface area contributed by atoms with Crippen molar-refractivity contribution in [3.63, 3.8) is 0 Å². The van der Waals surface area contributed by atoms with Gasteiger partial charge in [-0.05, 0) is 27.2 Å². The molecule has 5 N–H and O–H groups in total. The van der Waals surface area contributed by atoms with Crippen LogP contribution >= 0.6 is 0 Å². The summed E-state index contributed by atoms with van der Waals surface area (Å²) in [7, 11) is 0. The van der Waals surface area contributed by atoms with Crippen LogP contribution < -0.4 is 17.0 Å². The van der Waals surface area contributed by atoms with Crippen LogP contribution in [0.3, 0.4) is 0 Å². The third kappa shape index (κ3) is 10.5. The molecule has 0 spiro atoms. The SMILES string of the molecule is CCCCCCCCCCCCCCCC(=O)N1[C@H](C(=O)OC(C)(C)C)[C@H]([C@H]2O[C@@H](n3ccc(=O)[nH]c3=O)[C@H](O)[C@@H]2O)O[C@@H]1CN. The maximum absolute atomic E-state index is 13.6. The van der Waals surface area contributed by atoms with Crippen LogP contribution in [0, 0.1) is 0 Å². The molecule has 1 aromatic heterocycles. The van der Waals surface area contributed by atoms with Gasteiger partial charge in [0.25, 0.3) is 5.56 Å². The maximum Gasteiger partial charge on any atom is 0.332 e. The van der Waals surface area contributed by atoms with Crippen molar-refractivity contribution in [1.82, 2.24) is 14.5 Å². The number of nitrogens with one attached hydrogen (secondary N) is 1. The molecule has 46 heavy (non-hydrogen) atoms. The summed E-state index contributed by atoms with van der Waals surface area (Å²) >= 11 is 0. The van der Waals surface area contributed by atoms with Crippen LogP contribution in [0.15, 0.2) is 21.9 Å². The van der Waals surface area contributed by atoms with Gasteiger partial charge in [0.05, 0.1) is 0 Å². The Kier molecular flexibility index (Phi) is 14.9. The topological polar surface area (TPSA) is 186 Å². The van der Waals surface area contributed by atoms with Crippen LogP contribution in [-0.4, -0.2) is 85.4 Å². The van der Waals surface area contributed by atoms with Crippen molar-refractivity contribution < 1.29 is 34.0 Å². The van der Waals surface area contributed by atoms with E-state index in [9.17, 15) is 29.4 Å². The van der Waals surface area contributed by atoms with E-state index in [4.69, 9.17) is 19.9 Å². The summed E-state index contributed by atoms with van der Waals surface area (Å²) in [6.45, 7) is 7.18. The second-order valence-electron chi connectivity index (χ2n) is 13.6. The molecule has 7 atom stereocenters. The number of rotatable bonds is 18. The van der Waals surface area contributed by atoms with Gasteiger partial charge in [0.15, 0.2) is 12.3 Å². The standard InChI is InChI=1S/C33H56N4O9/c1-5-6-7-8-9-10-11-12-13-14-15-16-17-18-23(39)37-24(21-34)44-28(25(37)31(42)46-33(2,3)4)29-26(40)27(41)30(45-29)36-20-19-22(38)35-32(36)43/h19-20,24-30,40-41H,5-18,21,34H2,1-4H3,(H,35,38,43)/t24-,25+,26+,27-,28-,29+,30-/m1/s1. The number of aromatic nitrogens is 2. The number of nitrogens with zero attached hydrogens (tertiary/aromatic N) is 2. The van der Waals surface area contributed by atoms with Crippen LogP contribution in [0.4, 0.5) is 0 Å². The number of carbonyl (C=O) groups excluding carboxylic acids is 2. The molecule has 2 aliphatic rings. The average Bonchev–Trinajstić information content (AvgIpc) is 3.52. The van der Waals surface area contributed by atoms with E-state index in [1.54, 1.807) is 20.8 Å². The Hall–Kier alpha value is -2.58. The van der Waals surface area contributed by atoms with Gasteiger partial charge in [-0.2, -0.15) is 0 Å². The minimum Gasteiger partial charge on any atom is -0.458 e. The molecule has 2 aliphatic heterocycles. The Bertz CT molecular complexity index is 1210. The summed E-state index contributed by atoms with van der Waals surface area (Å²) < 4.78 is 18.6. The third-order valence-corrected chi connectivity index (χ3v) is 8.59. The van der Waals surface area contributed by atoms with Crippen LogP contribution in [-0.2, 0) is 23.8 Å². The lowest BCUT2D eigenvalue weighted by molar-refractivity contribution is -0.167. The van der Waals surface area contributed by atoms with E-state index in [1.165, 1.54) is 62.7 Å². The van der Waals surface area contributed by atoms with Gasteiger partial charge in [-0.1, -0.05) is 84.0 Å². The average molecular weight is 653 g/mol. The van der Waals surface area contributed by atoms with E-state index in [0.29, 0.717) is 6.42 Å². The molecule has 0 radical (unpaired) electrons. The first-order chi connectivity index (χ1) is 21.9. The summed E-state index contributed by atoms with van der Waals surface area (Å²) in [5.74, 6) is -1.10. The highest BCUT2D eigenvalue weighted by atomic mass is 16.6. The highest BCUT2D eigenvalue weighted by molar-refractivity contribution is 5.86. The van der Waals surface area contributed by atoms with E-state index in [-0.39, 0.29) is 18.9 Å². The Morgan fingerprint density at radius 3 is 1.98 bits per heavy atom. The fourth-order valence-corrected chi connectivity index (χ4v) is 6.25. The zero-order valence-corrected chi connectivity index (χ0v) is 28.0. The first-order valence-corrected chi connectivity index (χ1v) is 17.1. The van der Waals surface area contributed by atoms with Gasteiger partial charge in [-0.25, -0.2) is 9.59 Å². The number of aromatic amines is 1. The molecule has 1 amide bonds. The summed E-state index contributed by atoms with van der Waals surface area (Å²) in [6.07, 6.45) is 8.33. The molecule has 13 nitrogen and oxygen atoms in total. The largest absolute Gasteiger partial charge is 0.458 e. The summed E-state index contributed by atoms with van der Waals surface area (Å²) in [4.78, 5) is 54.5. The first-order valence-electron chi connectivity index (χ1n) is 17.1. The number of esters is 1. The lowest BCUT2D eigenvalue weighted by Gasteiger charge is -2.31. The van der Waals surface area contributed by atoms with Crippen LogP contribution in [0.25, 0.3) is 0 Å². The maximum atomic E-state index is 13.6. The molecule has 0 saturated carbocycles. The molecule has 13 heteroatoms. The first kappa shape index (κ1) is 37.9. The molecule has 3 heterocycles. The number of carbonyl (C=O) groups is 2. The molecule has 1 aromatic rings. The Balaban J connectivity index is 1.62. The Labute approximate surface area is 271 Å². The smallest absolute Gasteiger partial charge is 0.332 e. The van der Waals surface area contributed by atoms with Crippen molar-refractivity contribution in [2.24, 2.45) is 5.73 Å². The Morgan fingerprint density at radius 2 is 1.46 bits per heavy atom. The van der Waals surface area contributed by atoms with Gasteiger partial charge in [0.1, 0.15) is 36.2 Å². The molecule has 0 bridgehead atoms. The van der Waals surface area contributed by atoms with Gasteiger partial charge in [-0.15, -0.1) is 0 Å². The summed E-state index contributed by atoms with van der Waals surface area (Å²) in [6, 6.07) is -0.242. The van der Waals surface area contributed by atoms with Gasteiger partial charge in [0, 0.05) is 25.2 Å². The number of hydrogen-bond donors (Lipinski definition) is 4. The molecule has 0 unspecified atom stereocenters. The minimum absolute atomic E-state index is 0.131. The number of ether oxygens (including phenoxy) is 3. The number of H-pyrrole nitrogens is 1. The monoisotopic (exact) mass is 652 g/mol. The molecular weight excluding hydrogens is 596 g/mol.